The van der Waals surface area contributed by atoms with Gasteiger partial charge in [-0.25, -0.2) is 4.98 Å². The molecule has 2 aromatic rings. The van der Waals surface area contributed by atoms with E-state index in [9.17, 15) is 4.79 Å². The van der Waals surface area contributed by atoms with Crippen molar-refractivity contribution in [1.29, 1.82) is 0 Å². The molecule has 1 amide bonds. The Bertz CT molecular complexity index is 623. The van der Waals surface area contributed by atoms with Gasteiger partial charge in [-0.1, -0.05) is 29.5 Å². The molecule has 0 aliphatic heterocycles. The van der Waals surface area contributed by atoms with E-state index in [1.165, 1.54) is 17.3 Å². The second-order valence-corrected chi connectivity index (χ2v) is 6.08. The third-order valence-corrected chi connectivity index (χ3v) is 3.83. The van der Waals surface area contributed by atoms with Crippen LogP contribution in [0, 0.1) is 20.8 Å². The van der Waals surface area contributed by atoms with Crippen LogP contribution in [0.5, 0.6) is 0 Å². The zero-order chi connectivity index (χ0) is 14.7. The van der Waals surface area contributed by atoms with Gasteiger partial charge in [0, 0.05) is 5.69 Å². The molecule has 2 rings (SSSR count). The molecule has 0 saturated carbocycles. The average Bonchev–Trinajstić information content (AvgIpc) is 2.78. The van der Waals surface area contributed by atoms with Crippen LogP contribution in [-0.4, -0.2) is 26.3 Å². The fourth-order valence-corrected chi connectivity index (χ4v) is 2.54. The molecule has 0 bridgehead atoms. The summed E-state index contributed by atoms with van der Waals surface area (Å²) in [6.07, 6.45) is 0. The Kier molecular flexibility index (Phi) is 4.44. The lowest BCUT2D eigenvalue weighted by molar-refractivity contribution is -0.115. The van der Waals surface area contributed by atoms with Gasteiger partial charge in [0.2, 0.25) is 11.1 Å². The number of aromatic amines is 1. The average molecular weight is 290 g/mol. The molecule has 0 saturated heterocycles. The predicted molar refractivity (Wildman–Crippen MR) is 81.0 cm³/mol. The Morgan fingerprint density at radius 2 is 2.10 bits per heavy atom. The van der Waals surface area contributed by atoms with Crippen molar-refractivity contribution in [1.82, 2.24) is 15.2 Å². The van der Waals surface area contributed by atoms with Gasteiger partial charge >= 0.3 is 0 Å². The number of aryl methyl sites for hydroxylation is 3. The molecule has 2 N–H and O–H groups in total. The van der Waals surface area contributed by atoms with E-state index in [1.54, 1.807) is 0 Å². The summed E-state index contributed by atoms with van der Waals surface area (Å²) in [5.74, 6) is 0.693. The maximum atomic E-state index is 12.2. The molecule has 0 aliphatic rings. The van der Waals surface area contributed by atoms with Crippen molar-refractivity contribution in [3.8, 4) is 0 Å². The summed E-state index contributed by atoms with van der Waals surface area (Å²) in [7, 11) is 0. The van der Waals surface area contributed by atoms with Gasteiger partial charge in [0.25, 0.3) is 0 Å². The Balaban J connectivity index is 2.00. The third kappa shape index (κ3) is 3.60. The number of thioether (sulfide) groups is 1. The van der Waals surface area contributed by atoms with Gasteiger partial charge in [-0.2, -0.15) is 0 Å². The summed E-state index contributed by atoms with van der Waals surface area (Å²) in [4.78, 5) is 16.3. The van der Waals surface area contributed by atoms with Crippen molar-refractivity contribution in [2.24, 2.45) is 0 Å². The van der Waals surface area contributed by atoms with E-state index >= 15 is 0 Å². The van der Waals surface area contributed by atoms with Crippen LogP contribution in [0.25, 0.3) is 0 Å². The van der Waals surface area contributed by atoms with Crippen molar-refractivity contribution in [2.45, 2.75) is 38.1 Å². The van der Waals surface area contributed by atoms with E-state index < -0.39 is 0 Å². The second kappa shape index (κ2) is 6.09. The van der Waals surface area contributed by atoms with Crippen LogP contribution in [0.15, 0.2) is 23.4 Å². The Morgan fingerprint density at radius 3 is 2.70 bits per heavy atom. The zero-order valence-corrected chi connectivity index (χ0v) is 12.8. The molecule has 1 aromatic heterocycles. The summed E-state index contributed by atoms with van der Waals surface area (Å²) in [5.41, 5.74) is 3.09. The van der Waals surface area contributed by atoms with Crippen LogP contribution < -0.4 is 5.32 Å². The van der Waals surface area contributed by atoms with E-state index in [4.69, 9.17) is 0 Å². The highest BCUT2D eigenvalue weighted by atomic mass is 32.2. The molecule has 0 spiro atoms. The monoisotopic (exact) mass is 290 g/mol. The minimum atomic E-state index is -0.258. The molecule has 6 heteroatoms. The second-order valence-electron chi connectivity index (χ2n) is 4.77. The molecule has 1 heterocycles. The normalized spacial score (nSPS) is 12.2. The smallest absolute Gasteiger partial charge is 0.237 e. The molecule has 0 aliphatic carbocycles. The summed E-state index contributed by atoms with van der Waals surface area (Å²) >= 11 is 1.34. The van der Waals surface area contributed by atoms with Crippen LogP contribution >= 0.6 is 11.8 Å². The number of hydrogen-bond donors (Lipinski definition) is 2. The molecular weight excluding hydrogens is 272 g/mol. The van der Waals surface area contributed by atoms with E-state index in [2.05, 4.69) is 20.5 Å². The van der Waals surface area contributed by atoms with E-state index in [1.807, 2.05) is 45.9 Å². The summed E-state index contributed by atoms with van der Waals surface area (Å²) in [5, 5.41) is 10.1. The van der Waals surface area contributed by atoms with Gasteiger partial charge in [0.15, 0.2) is 0 Å². The largest absolute Gasteiger partial charge is 0.325 e. The van der Waals surface area contributed by atoms with Gasteiger partial charge in [-0.05, 0) is 39.3 Å². The van der Waals surface area contributed by atoms with Gasteiger partial charge in [0.05, 0.1) is 5.25 Å². The maximum absolute atomic E-state index is 12.2. The third-order valence-electron chi connectivity index (χ3n) is 2.87. The summed E-state index contributed by atoms with van der Waals surface area (Å²) < 4.78 is 0. The highest BCUT2D eigenvalue weighted by molar-refractivity contribution is 8.00. The molecule has 1 aromatic carbocycles. The van der Waals surface area contributed by atoms with Crippen LogP contribution in [0.4, 0.5) is 5.69 Å². The van der Waals surface area contributed by atoms with Crippen LogP contribution in [0.3, 0.4) is 0 Å². The summed E-state index contributed by atoms with van der Waals surface area (Å²) in [6.45, 7) is 7.69. The Morgan fingerprint density at radius 1 is 1.35 bits per heavy atom. The molecule has 1 unspecified atom stereocenters. The van der Waals surface area contributed by atoms with Gasteiger partial charge in [-0.3, -0.25) is 9.89 Å². The first kappa shape index (κ1) is 14.6. The molecule has 5 nitrogen and oxygen atoms in total. The first-order valence-electron chi connectivity index (χ1n) is 6.39. The fraction of sp³-hybridized carbons (Fsp3) is 0.357. The van der Waals surface area contributed by atoms with E-state index in [-0.39, 0.29) is 11.2 Å². The topological polar surface area (TPSA) is 70.7 Å². The number of benzene rings is 1. The minimum Gasteiger partial charge on any atom is -0.325 e. The zero-order valence-electron chi connectivity index (χ0n) is 12.0. The minimum absolute atomic E-state index is 0.0515. The van der Waals surface area contributed by atoms with Crippen LogP contribution in [0.2, 0.25) is 0 Å². The van der Waals surface area contributed by atoms with Crippen molar-refractivity contribution < 1.29 is 4.79 Å². The number of aromatic nitrogens is 3. The van der Waals surface area contributed by atoms with Crippen LogP contribution in [-0.2, 0) is 4.79 Å². The lowest BCUT2D eigenvalue weighted by Gasteiger charge is -2.12. The molecule has 0 radical (unpaired) electrons. The van der Waals surface area contributed by atoms with Gasteiger partial charge in [-0.15, -0.1) is 5.10 Å². The summed E-state index contributed by atoms with van der Waals surface area (Å²) in [6, 6.07) is 5.96. The Labute approximate surface area is 122 Å². The number of carbonyl (C=O) groups is 1. The first-order valence-corrected chi connectivity index (χ1v) is 7.27. The van der Waals surface area contributed by atoms with Crippen molar-refractivity contribution in [3.05, 3.63) is 35.2 Å². The van der Waals surface area contributed by atoms with Crippen molar-refractivity contribution in [2.75, 3.05) is 5.32 Å². The number of anilines is 1. The highest BCUT2D eigenvalue weighted by Crippen LogP contribution is 2.22. The number of H-pyrrole nitrogens is 1. The number of nitrogens with one attached hydrogen (secondary N) is 2. The predicted octanol–water partition coefficient (Wildman–Crippen LogP) is 2.85. The van der Waals surface area contributed by atoms with Gasteiger partial charge < -0.3 is 5.32 Å². The number of amides is 1. The Hall–Kier alpha value is -1.82. The van der Waals surface area contributed by atoms with Crippen molar-refractivity contribution in [3.63, 3.8) is 0 Å². The number of rotatable bonds is 4. The molecular formula is C14H18N4OS. The number of hydrogen-bond acceptors (Lipinski definition) is 4. The highest BCUT2D eigenvalue weighted by Gasteiger charge is 2.17. The number of carbonyl (C=O) groups excluding carboxylic acids is 1. The van der Waals surface area contributed by atoms with Crippen molar-refractivity contribution >= 4 is 23.4 Å². The maximum Gasteiger partial charge on any atom is 0.237 e. The van der Waals surface area contributed by atoms with E-state index in [0.717, 1.165) is 17.1 Å². The molecule has 20 heavy (non-hydrogen) atoms. The lowest BCUT2D eigenvalue weighted by Crippen LogP contribution is -2.23. The fourth-order valence-electron chi connectivity index (χ4n) is 1.77. The quantitative estimate of drug-likeness (QED) is 0.849. The standard InChI is InChI=1S/C14H18N4OS/c1-8-5-6-12(9(2)7-8)16-13(19)10(3)20-14-15-11(4)17-18-14/h5-7,10H,1-4H3,(H,16,19)(H,15,17,18). The first-order chi connectivity index (χ1) is 9.45. The van der Waals surface area contributed by atoms with E-state index in [0.29, 0.717) is 5.16 Å². The lowest BCUT2D eigenvalue weighted by atomic mass is 10.1. The number of nitrogens with zero attached hydrogens (tertiary/aromatic N) is 2. The molecule has 106 valence electrons. The van der Waals surface area contributed by atoms with Gasteiger partial charge in [0.1, 0.15) is 5.82 Å². The SMILES string of the molecule is Cc1ccc(NC(=O)C(C)Sc2n[nH]c(C)n2)c(C)c1. The van der Waals surface area contributed by atoms with Crippen LogP contribution in [0.1, 0.15) is 23.9 Å². The molecule has 1 atom stereocenters. The molecule has 0 fully saturated rings.